The second-order valence-corrected chi connectivity index (χ2v) is 5.63. The Labute approximate surface area is 148 Å². The van der Waals surface area contributed by atoms with Crippen molar-refractivity contribution in [3.63, 3.8) is 0 Å². The van der Waals surface area contributed by atoms with Crippen molar-refractivity contribution < 1.29 is 9.84 Å². The fraction of sp³-hybridized carbons (Fsp3) is 0.0625. The van der Waals surface area contributed by atoms with Gasteiger partial charge in [0.15, 0.2) is 5.82 Å². The zero-order valence-corrected chi connectivity index (χ0v) is 14.0. The third kappa shape index (κ3) is 3.81. The molecule has 6 nitrogen and oxygen atoms in total. The van der Waals surface area contributed by atoms with E-state index in [2.05, 4.69) is 15.3 Å². The van der Waals surface area contributed by atoms with Gasteiger partial charge in [-0.2, -0.15) is 14.9 Å². The summed E-state index contributed by atoms with van der Waals surface area (Å²) in [4.78, 5) is 0. The largest absolute Gasteiger partial charge is 0.507 e. The second kappa shape index (κ2) is 7.29. The summed E-state index contributed by atoms with van der Waals surface area (Å²) >= 11 is 11.0. The highest BCUT2D eigenvalue weighted by atomic mass is 35.5. The molecule has 0 aliphatic rings. The molecule has 3 rings (SSSR count). The van der Waals surface area contributed by atoms with Crippen LogP contribution in [0.15, 0.2) is 53.6 Å². The van der Waals surface area contributed by atoms with Crippen LogP contribution in [-0.4, -0.2) is 26.2 Å². The van der Waals surface area contributed by atoms with Crippen molar-refractivity contribution in [2.24, 2.45) is 5.10 Å². The van der Waals surface area contributed by atoms with E-state index < -0.39 is 0 Å². The number of phenolic OH excluding ortho intramolecular Hbond substituents is 1. The van der Waals surface area contributed by atoms with E-state index in [1.54, 1.807) is 48.5 Å². The van der Waals surface area contributed by atoms with Crippen LogP contribution in [0.2, 0.25) is 5.02 Å². The lowest BCUT2D eigenvalue weighted by molar-refractivity contribution is 0.290. The van der Waals surface area contributed by atoms with E-state index in [-0.39, 0.29) is 12.4 Å². The minimum Gasteiger partial charge on any atom is -0.507 e. The van der Waals surface area contributed by atoms with Gasteiger partial charge in [0, 0.05) is 10.6 Å². The molecule has 122 valence electrons. The lowest BCUT2D eigenvalue weighted by Gasteiger charge is -2.05. The van der Waals surface area contributed by atoms with Gasteiger partial charge >= 0.3 is 0 Å². The summed E-state index contributed by atoms with van der Waals surface area (Å²) in [7, 11) is 0. The molecule has 1 aromatic heterocycles. The maximum atomic E-state index is 9.77. The van der Waals surface area contributed by atoms with E-state index in [0.717, 1.165) is 0 Å². The number of nitrogens with zero attached hydrogens (tertiary/aromatic N) is 3. The molecule has 2 aromatic carbocycles. The minimum atomic E-state index is 0.134. The van der Waals surface area contributed by atoms with Crippen molar-refractivity contribution in [2.75, 3.05) is 0 Å². The average Bonchev–Trinajstić information content (AvgIpc) is 2.94. The van der Waals surface area contributed by atoms with Crippen LogP contribution in [0, 0.1) is 4.77 Å². The molecule has 1 heterocycles. The minimum absolute atomic E-state index is 0.134. The Morgan fingerprint density at radius 3 is 2.75 bits per heavy atom. The molecule has 8 heteroatoms. The lowest BCUT2D eigenvalue weighted by Crippen LogP contribution is -2.04. The van der Waals surface area contributed by atoms with Gasteiger partial charge in [-0.25, -0.2) is 5.10 Å². The highest BCUT2D eigenvalue weighted by Crippen LogP contribution is 2.17. The first-order chi connectivity index (χ1) is 11.6. The quantitative estimate of drug-likeness (QED) is 0.536. The molecule has 0 atom stereocenters. The molecule has 0 saturated heterocycles. The summed E-state index contributed by atoms with van der Waals surface area (Å²) < 4.78 is 7.42. The van der Waals surface area contributed by atoms with Crippen molar-refractivity contribution >= 4 is 30.0 Å². The molecule has 0 radical (unpaired) electrons. The van der Waals surface area contributed by atoms with Gasteiger partial charge in [0.2, 0.25) is 4.77 Å². The highest BCUT2D eigenvalue weighted by molar-refractivity contribution is 7.71. The summed E-state index contributed by atoms with van der Waals surface area (Å²) in [5.41, 5.74) is 0.574. The van der Waals surface area contributed by atoms with Gasteiger partial charge < -0.3 is 9.84 Å². The second-order valence-electron chi connectivity index (χ2n) is 4.80. The number of para-hydroxylation sites is 1. The maximum absolute atomic E-state index is 9.77. The number of rotatable bonds is 5. The monoisotopic (exact) mass is 360 g/mol. The Balaban J connectivity index is 1.77. The van der Waals surface area contributed by atoms with Gasteiger partial charge in [0.05, 0.1) is 6.21 Å². The summed E-state index contributed by atoms with van der Waals surface area (Å²) in [5.74, 6) is 1.29. The van der Waals surface area contributed by atoms with Gasteiger partial charge in [-0.05, 0) is 48.6 Å². The Hall–Kier alpha value is -2.64. The fourth-order valence-corrected chi connectivity index (χ4v) is 2.26. The van der Waals surface area contributed by atoms with Gasteiger partial charge in [0.25, 0.3) is 0 Å². The SMILES string of the molecule is Oc1ccccc1/C=N/n1c(COc2ccc(Cl)cc2)n[nH]c1=S. The van der Waals surface area contributed by atoms with Crippen LogP contribution in [-0.2, 0) is 6.61 Å². The number of hydrogen-bond donors (Lipinski definition) is 2. The fourth-order valence-electron chi connectivity index (χ4n) is 1.93. The van der Waals surface area contributed by atoms with Gasteiger partial charge in [0.1, 0.15) is 18.1 Å². The highest BCUT2D eigenvalue weighted by Gasteiger charge is 2.06. The average molecular weight is 361 g/mol. The van der Waals surface area contributed by atoms with Gasteiger partial charge in [-0.1, -0.05) is 23.7 Å². The number of hydrogen-bond acceptors (Lipinski definition) is 5. The standard InChI is InChI=1S/C16H13ClN4O2S/c17-12-5-7-13(8-6-12)23-10-15-19-20-16(24)21(15)18-9-11-3-1-2-4-14(11)22/h1-9,22H,10H2,(H,20,24)/b18-9+. The van der Waals surface area contributed by atoms with E-state index in [0.29, 0.717) is 26.9 Å². The number of aromatic amines is 1. The molecule has 0 aliphatic heterocycles. The van der Waals surface area contributed by atoms with Crippen LogP contribution < -0.4 is 4.74 Å². The van der Waals surface area contributed by atoms with Crippen LogP contribution in [0.1, 0.15) is 11.4 Å². The number of benzene rings is 2. The molecule has 24 heavy (non-hydrogen) atoms. The molecule has 0 saturated carbocycles. The number of ether oxygens (including phenoxy) is 1. The Morgan fingerprint density at radius 2 is 2.00 bits per heavy atom. The predicted molar refractivity (Wildman–Crippen MR) is 94.3 cm³/mol. The van der Waals surface area contributed by atoms with E-state index in [1.807, 2.05) is 0 Å². The van der Waals surface area contributed by atoms with Crippen LogP contribution in [0.5, 0.6) is 11.5 Å². The number of aromatic hydroxyl groups is 1. The summed E-state index contributed by atoms with van der Waals surface area (Å²) in [5, 5.41) is 21.4. The predicted octanol–water partition coefficient (Wildman–Crippen LogP) is 3.76. The van der Waals surface area contributed by atoms with E-state index in [9.17, 15) is 5.11 Å². The Morgan fingerprint density at radius 1 is 1.25 bits per heavy atom. The molecule has 0 spiro atoms. The number of H-pyrrole nitrogens is 1. The van der Waals surface area contributed by atoms with Crippen molar-refractivity contribution in [2.45, 2.75) is 6.61 Å². The molecule has 2 N–H and O–H groups in total. The first kappa shape index (κ1) is 16.2. The van der Waals surface area contributed by atoms with Crippen molar-refractivity contribution in [3.05, 3.63) is 69.7 Å². The van der Waals surface area contributed by atoms with Crippen molar-refractivity contribution in [1.82, 2.24) is 14.9 Å². The topological polar surface area (TPSA) is 75.4 Å². The molecule has 0 aliphatic carbocycles. The zero-order valence-electron chi connectivity index (χ0n) is 12.4. The first-order valence-corrected chi connectivity index (χ1v) is 7.79. The van der Waals surface area contributed by atoms with E-state index >= 15 is 0 Å². The van der Waals surface area contributed by atoms with Gasteiger partial charge in [-0.3, -0.25) is 0 Å². The van der Waals surface area contributed by atoms with Crippen LogP contribution >= 0.6 is 23.8 Å². The number of halogens is 1. The third-order valence-corrected chi connectivity index (χ3v) is 3.66. The summed E-state index contributed by atoms with van der Waals surface area (Å²) in [6.07, 6.45) is 1.51. The molecule has 0 unspecified atom stereocenters. The maximum Gasteiger partial charge on any atom is 0.216 e. The molecule has 3 aromatic rings. The molecule has 0 amide bonds. The normalized spacial score (nSPS) is 11.0. The Bertz CT molecular complexity index is 918. The van der Waals surface area contributed by atoms with Crippen LogP contribution in [0.4, 0.5) is 0 Å². The Kier molecular flexibility index (Phi) is 4.93. The van der Waals surface area contributed by atoms with Crippen molar-refractivity contribution in [3.8, 4) is 11.5 Å². The number of aromatic nitrogens is 3. The smallest absolute Gasteiger partial charge is 0.216 e. The molecule has 0 bridgehead atoms. The van der Waals surface area contributed by atoms with E-state index in [1.165, 1.54) is 10.9 Å². The van der Waals surface area contributed by atoms with Gasteiger partial charge in [-0.15, -0.1) is 0 Å². The van der Waals surface area contributed by atoms with Crippen LogP contribution in [0.25, 0.3) is 0 Å². The molecular formula is C16H13ClN4O2S. The van der Waals surface area contributed by atoms with E-state index in [4.69, 9.17) is 28.6 Å². The first-order valence-electron chi connectivity index (χ1n) is 7.00. The third-order valence-electron chi connectivity index (χ3n) is 3.15. The molecule has 0 fully saturated rings. The van der Waals surface area contributed by atoms with Crippen LogP contribution in [0.3, 0.4) is 0 Å². The number of phenols is 1. The van der Waals surface area contributed by atoms with Crippen molar-refractivity contribution in [1.29, 1.82) is 0 Å². The number of nitrogens with one attached hydrogen (secondary N) is 1. The lowest BCUT2D eigenvalue weighted by atomic mass is 10.2. The molecular weight excluding hydrogens is 348 g/mol. The zero-order chi connectivity index (χ0) is 16.9. The summed E-state index contributed by atoms with van der Waals surface area (Å²) in [6.45, 7) is 0.173. The summed E-state index contributed by atoms with van der Waals surface area (Å²) in [6, 6.07) is 13.9.